The lowest BCUT2D eigenvalue weighted by Gasteiger charge is -2.33. The molecule has 2 aliphatic rings. The second-order valence-corrected chi connectivity index (χ2v) is 5.36. The van der Waals surface area contributed by atoms with E-state index in [0.29, 0.717) is 19.4 Å². The number of amides is 3. The van der Waals surface area contributed by atoms with Gasteiger partial charge in [-0.3, -0.25) is 4.79 Å². The second-order valence-electron chi connectivity index (χ2n) is 5.36. The highest BCUT2D eigenvalue weighted by molar-refractivity contribution is 5.86. The fraction of sp³-hybridized carbons (Fsp3) is 0.750. The normalized spacial score (nSPS) is 30.4. The summed E-state index contributed by atoms with van der Waals surface area (Å²) in [7, 11) is 0. The number of aliphatic hydroxyl groups is 1. The van der Waals surface area contributed by atoms with E-state index in [4.69, 9.17) is 10.8 Å². The van der Waals surface area contributed by atoms with Crippen molar-refractivity contribution in [3.63, 3.8) is 0 Å². The minimum Gasteiger partial charge on any atom is -0.480 e. The number of carboxylic acids is 1. The van der Waals surface area contributed by atoms with Crippen LogP contribution in [0, 0.1) is 5.92 Å². The summed E-state index contributed by atoms with van der Waals surface area (Å²) in [6.07, 6.45) is 0.499. The number of β-amino-alcohol motifs (C(OH)–C–C–N with tert-alkyl or cyclic N) is 1. The predicted molar refractivity (Wildman–Crippen MR) is 67.6 cm³/mol. The van der Waals surface area contributed by atoms with Gasteiger partial charge in [0, 0.05) is 26.1 Å². The van der Waals surface area contributed by atoms with Crippen LogP contribution < -0.4 is 5.73 Å². The van der Waals surface area contributed by atoms with E-state index in [1.807, 2.05) is 0 Å². The lowest BCUT2D eigenvalue weighted by atomic mass is 9.96. The molecule has 2 saturated heterocycles. The number of carboxylic acid groups (broad SMARTS) is 1. The SMILES string of the molecule is NC(=O)N1CCCC(C(=O)N2CC(O)C[C@H]2C(=O)O)C1. The molecule has 2 unspecified atom stereocenters. The Morgan fingerprint density at radius 1 is 1.20 bits per heavy atom. The Kier molecular flexibility index (Phi) is 4.12. The lowest BCUT2D eigenvalue weighted by molar-refractivity contribution is -0.150. The predicted octanol–water partition coefficient (Wildman–Crippen LogP) is -1.18. The molecule has 0 aliphatic carbocycles. The van der Waals surface area contributed by atoms with Crippen LogP contribution in [-0.2, 0) is 9.59 Å². The highest BCUT2D eigenvalue weighted by atomic mass is 16.4. The first-order valence-electron chi connectivity index (χ1n) is 6.66. The molecule has 3 atom stereocenters. The number of hydrogen-bond donors (Lipinski definition) is 3. The Bertz CT molecular complexity index is 427. The van der Waals surface area contributed by atoms with Crippen LogP contribution in [-0.4, -0.2) is 69.7 Å². The van der Waals surface area contributed by atoms with Crippen LogP contribution in [0.2, 0.25) is 0 Å². The average Bonchev–Trinajstić information content (AvgIpc) is 2.80. The van der Waals surface area contributed by atoms with Crippen molar-refractivity contribution in [2.75, 3.05) is 19.6 Å². The quantitative estimate of drug-likeness (QED) is 0.589. The molecule has 0 aromatic heterocycles. The van der Waals surface area contributed by atoms with E-state index < -0.39 is 30.1 Å². The Labute approximate surface area is 116 Å². The number of carbonyl (C=O) groups excluding carboxylic acids is 2. The molecule has 3 amide bonds. The number of rotatable bonds is 2. The second kappa shape index (κ2) is 5.66. The van der Waals surface area contributed by atoms with Gasteiger partial charge in [-0.2, -0.15) is 0 Å². The van der Waals surface area contributed by atoms with Crippen LogP contribution in [0.15, 0.2) is 0 Å². The van der Waals surface area contributed by atoms with Gasteiger partial charge in [-0.05, 0) is 12.8 Å². The average molecular weight is 285 g/mol. The number of nitrogens with two attached hydrogens (primary N) is 1. The zero-order valence-corrected chi connectivity index (χ0v) is 11.1. The van der Waals surface area contributed by atoms with Crippen LogP contribution >= 0.6 is 0 Å². The summed E-state index contributed by atoms with van der Waals surface area (Å²) < 4.78 is 0. The number of primary amides is 1. The first-order chi connectivity index (χ1) is 9.40. The summed E-state index contributed by atoms with van der Waals surface area (Å²) in [4.78, 5) is 37.3. The van der Waals surface area contributed by atoms with Crippen LogP contribution in [0.1, 0.15) is 19.3 Å². The molecule has 0 saturated carbocycles. The molecule has 2 aliphatic heterocycles. The molecular formula is C12H19N3O5. The third-order valence-electron chi connectivity index (χ3n) is 3.93. The van der Waals surface area contributed by atoms with Crippen LogP contribution in [0.3, 0.4) is 0 Å². The number of aliphatic hydroxyl groups excluding tert-OH is 1. The molecule has 0 aromatic rings. The van der Waals surface area contributed by atoms with E-state index in [0.717, 1.165) is 0 Å². The fourth-order valence-corrected chi connectivity index (χ4v) is 2.90. The molecule has 8 nitrogen and oxygen atoms in total. The van der Waals surface area contributed by atoms with Crippen LogP contribution in [0.4, 0.5) is 4.79 Å². The van der Waals surface area contributed by atoms with Crippen LogP contribution in [0.5, 0.6) is 0 Å². The standard InChI is InChI=1S/C12H19N3O5/c13-12(20)14-3-1-2-7(5-14)10(17)15-6-8(16)4-9(15)11(18)19/h7-9,16H,1-6H2,(H2,13,20)(H,18,19)/t7?,8?,9-/m0/s1. The topological polar surface area (TPSA) is 124 Å². The monoisotopic (exact) mass is 285 g/mol. The summed E-state index contributed by atoms with van der Waals surface area (Å²) in [6, 6.07) is -1.56. The third-order valence-corrected chi connectivity index (χ3v) is 3.93. The van der Waals surface area contributed by atoms with E-state index in [1.54, 1.807) is 0 Å². The van der Waals surface area contributed by atoms with Gasteiger partial charge < -0.3 is 25.7 Å². The van der Waals surface area contributed by atoms with Crippen molar-refractivity contribution in [2.45, 2.75) is 31.4 Å². The minimum atomic E-state index is -1.11. The van der Waals surface area contributed by atoms with E-state index in [9.17, 15) is 19.5 Å². The van der Waals surface area contributed by atoms with Gasteiger partial charge >= 0.3 is 12.0 Å². The van der Waals surface area contributed by atoms with Crippen molar-refractivity contribution in [1.29, 1.82) is 0 Å². The molecule has 0 bridgehead atoms. The van der Waals surface area contributed by atoms with Crippen molar-refractivity contribution in [2.24, 2.45) is 11.7 Å². The Morgan fingerprint density at radius 3 is 2.50 bits per heavy atom. The van der Waals surface area contributed by atoms with Crippen molar-refractivity contribution in [1.82, 2.24) is 9.80 Å². The Hall–Kier alpha value is -1.83. The van der Waals surface area contributed by atoms with E-state index in [2.05, 4.69) is 0 Å². The van der Waals surface area contributed by atoms with Gasteiger partial charge in [0.1, 0.15) is 6.04 Å². The Balaban J connectivity index is 2.06. The summed E-state index contributed by atoms with van der Waals surface area (Å²) in [5, 5.41) is 18.7. The van der Waals surface area contributed by atoms with Crippen molar-refractivity contribution in [3.05, 3.63) is 0 Å². The number of nitrogens with zero attached hydrogens (tertiary/aromatic N) is 2. The number of hydrogen-bond acceptors (Lipinski definition) is 4. The maximum Gasteiger partial charge on any atom is 0.326 e. The number of piperidine rings is 1. The summed E-state index contributed by atoms with van der Waals surface area (Å²) in [6.45, 7) is 0.764. The minimum absolute atomic E-state index is 0.0306. The first kappa shape index (κ1) is 14.6. The van der Waals surface area contributed by atoms with E-state index in [1.165, 1.54) is 9.80 Å². The molecule has 20 heavy (non-hydrogen) atoms. The summed E-state index contributed by atoms with van der Waals surface area (Å²) in [5.74, 6) is -1.87. The number of aliphatic carboxylic acids is 1. The van der Waals surface area contributed by atoms with Gasteiger partial charge in [-0.1, -0.05) is 0 Å². The Morgan fingerprint density at radius 2 is 1.90 bits per heavy atom. The van der Waals surface area contributed by atoms with Gasteiger partial charge in [0.15, 0.2) is 0 Å². The molecule has 2 heterocycles. The largest absolute Gasteiger partial charge is 0.480 e. The molecule has 0 aromatic carbocycles. The van der Waals surface area contributed by atoms with Crippen molar-refractivity contribution in [3.8, 4) is 0 Å². The van der Waals surface area contributed by atoms with E-state index >= 15 is 0 Å². The molecule has 0 spiro atoms. The zero-order chi connectivity index (χ0) is 14.9. The highest BCUT2D eigenvalue weighted by Crippen LogP contribution is 2.25. The molecule has 4 N–H and O–H groups in total. The van der Waals surface area contributed by atoms with Crippen molar-refractivity contribution < 1.29 is 24.6 Å². The maximum atomic E-state index is 12.4. The molecule has 8 heteroatoms. The van der Waals surface area contributed by atoms with Gasteiger partial charge in [-0.25, -0.2) is 9.59 Å². The molecule has 0 radical (unpaired) electrons. The number of urea groups is 1. The highest BCUT2D eigenvalue weighted by Gasteiger charge is 2.42. The molecule has 2 rings (SSSR count). The van der Waals surface area contributed by atoms with Crippen molar-refractivity contribution >= 4 is 17.9 Å². The van der Waals surface area contributed by atoms with Gasteiger partial charge in [0.2, 0.25) is 5.91 Å². The van der Waals surface area contributed by atoms with Gasteiger partial charge in [0.05, 0.1) is 12.0 Å². The smallest absolute Gasteiger partial charge is 0.326 e. The van der Waals surface area contributed by atoms with Crippen LogP contribution in [0.25, 0.3) is 0 Å². The first-order valence-corrected chi connectivity index (χ1v) is 6.66. The molecular weight excluding hydrogens is 266 g/mol. The third kappa shape index (κ3) is 2.84. The number of carbonyl (C=O) groups is 3. The molecule has 2 fully saturated rings. The lowest BCUT2D eigenvalue weighted by Crippen LogP contribution is -2.50. The summed E-state index contributed by atoms with van der Waals surface area (Å²) in [5.41, 5.74) is 5.21. The molecule has 112 valence electrons. The van der Waals surface area contributed by atoms with E-state index in [-0.39, 0.29) is 25.4 Å². The summed E-state index contributed by atoms with van der Waals surface area (Å²) >= 11 is 0. The van der Waals surface area contributed by atoms with Gasteiger partial charge in [-0.15, -0.1) is 0 Å². The maximum absolute atomic E-state index is 12.4. The fourth-order valence-electron chi connectivity index (χ4n) is 2.90. The zero-order valence-electron chi connectivity index (χ0n) is 11.1. The van der Waals surface area contributed by atoms with Gasteiger partial charge in [0.25, 0.3) is 0 Å². The number of likely N-dealkylation sites (tertiary alicyclic amines) is 2.